The number of halogens is 3. The van der Waals surface area contributed by atoms with Gasteiger partial charge in [-0.05, 0) is 29.3 Å². The molecule has 0 spiro atoms. The molecule has 1 aliphatic heterocycles. The van der Waals surface area contributed by atoms with E-state index in [1.807, 2.05) is 30.3 Å². The van der Waals surface area contributed by atoms with E-state index in [0.29, 0.717) is 22.2 Å². The first-order chi connectivity index (χ1) is 17.2. The lowest BCUT2D eigenvalue weighted by molar-refractivity contribution is -0.268. The Kier molecular flexibility index (Phi) is 9.11. The number of nitrogens with zero attached hydrogens (tertiary/aromatic N) is 2. The van der Waals surface area contributed by atoms with E-state index < -0.39 is 16.0 Å². The molecule has 2 aromatic carbocycles. The van der Waals surface area contributed by atoms with Crippen molar-refractivity contribution in [1.29, 1.82) is 0 Å². The van der Waals surface area contributed by atoms with Crippen LogP contribution in [0, 0.1) is 5.92 Å². The lowest BCUT2D eigenvalue weighted by Crippen LogP contribution is -2.38. The van der Waals surface area contributed by atoms with Crippen LogP contribution in [0.4, 0.5) is 5.69 Å². The molecule has 1 amide bonds. The van der Waals surface area contributed by atoms with Crippen molar-refractivity contribution < 1.29 is 19.4 Å². The number of hydrogen-bond donors (Lipinski definition) is 2. The van der Waals surface area contributed by atoms with Crippen molar-refractivity contribution in [3.63, 3.8) is 0 Å². The lowest BCUT2D eigenvalue weighted by Gasteiger charge is -2.41. The van der Waals surface area contributed by atoms with Gasteiger partial charge in [0.15, 0.2) is 11.4 Å². The van der Waals surface area contributed by atoms with Crippen molar-refractivity contribution in [3.8, 4) is 0 Å². The number of benzene rings is 2. The number of aromatic nitrogens is 2. The minimum Gasteiger partial charge on any atom is -0.392 e. The van der Waals surface area contributed by atoms with Gasteiger partial charge in [-0.3, -0.25) is 4.79 Å². The van der Waals surface area contributed by atoms with Gasteiger partial charge >= 0.3 is 0 Å². The van der Waals surface area contributed by atoms with Gasteiger partial charge in [0.1, 0.15) is 0 Å². The summed E-state index contributed by atoms with van der Waals surface area (Å²) in [6, 6.07) is 16.5. The maximum Gasteiger partial charge on any atom is 0.276 e. The van der Waals surface area contributed by atoms with Gasteiger partial charge in [0.2, 0.25) is 0 Å². The molecular weight excluding hydrogens is 545 g/mol. The van der Waals surface area contributed by atoms with Gasteiger partial charge < -0.3 is 19.9 Å². The van der Waals surface area contributed by atoms with E-state index >= 15 is 0 Å². The molecule has 3 aromatic rings. The number of alkyl halides is 3. The summed E-state index contributed by atoms with van der Waals surface area (Å²) in [5.41, 5.74) is 2.94. The first-order valence-corrected chi connectivity index (χ1v) is 13.2. The Labute approximate surface area is 228 Å². The summed E-state index contributed by atoms with van der Waals surface area (Å²) >= 11 is 18.6. The van der Waals surface area contributed by atoms with Gasteiger partial charge in [0.05, 0.1) is 18.8 Å². The van der Waals surface area contributed by atoms with Gasteiger partial charge in [-0.25, -0.2) is 9.97 Å². The molecule has 1 aliphatic rings. The second-order valence-corrected chi connectivity index (χ2v) is 11.5. The third kappa shape index (κ3) is 6.89. The molecule has 11 heteroatoms. The molecule has 190 valence electrons. The number of ether oxygens (including phenoxy) is 2. The maximum atomic E-state index is 12.1. The van der Waals surface area contributed by atoms with Gasteiger partial charge in [0, 0.05) is 35.3 Å². The number of hydrogen-bond acceptors (Lipinski definition) is 7. The van der Waals surface area contributed by atoms with Crippen molar-refractivity contribution in [3.05, 3.63) is 83.7 Å². The predicted octanol–water partition coefficient (Wildman–Crippen LogP) is 5.86. The molecule has 2 N–H and O–H groups in total. The van der Waals surface area contributed by atoms with Crippen LogP contribution < -0.4 is 5.32 Å². The number of anilines is 1. The summed E-state index contributed by atoms with van der Waals surface area (Å²) in [6.45, 7) is 2.05. The van der Waals surface area contributed by atoms with Gasteiger partial charge in [-0.2, -0.15) is 0 Å². The molecular formula is C25H24Cl3N3O4S. The summed E-state index contributed by atoms with van der Waals surface area (Å²) in [6.07, 6.45) is 2.22. The Bertz CT molecular complexity index is 1170. The van der Waals surface area contributed by atoms with E-state index in [1.165, 1.54) is 11.8 Å². The van der Waals surface area contributed by atoms with Crippen LogP contribution >= 0.6 is 46.6 Å². The van der Waals surface area contributed by atoms with Gasteiger partial charge in [-0.15, -0.1) is 0 Å². The fraction of sp³-hybridized carbons (Fsp3) is 0.320. The Morgan fingerprint density at radius 3 is 2.44 bits per heavy atom. The number of thioether (sulfide) groups is 1. The molecule has 0 unspecified atom stereocenters. The highest BCUT2D eigenvalue weighted by Crippen LogP contribution is 2.43. The number of aliphatic hydroxyl groups excluding tert-OH is 1. The summed E-state index contributed by atoms with van der Waals surface area (Å²) in [5.74, 6) is -0.146. The zero-order chi connectivity index (χ0) is 25.7. The number of carbonyl (C=O) groups excluding carboxylic acids is 1. The molecule has 0 aliphatic carbocycles. The molecule has 7 nitrogen and oxygen atoms in total. The highest BCUT2D eigenvalue weighted by atomic mass is 35.6. The summed E-state index contributed by atoms with van der Waals surface area (Å²) in [5, 5.41) is 12.7. The zero-order valence-electron chi connectivity index (χ0n) is 19.2. The van der Waals surface area contributed by atoms with Crippen molar-refractivity contribution in [2.24, 2.45) is 5.92 Å². The van der Waals surface area contributed by atoms with Gasteiger partial charge in [-0.1, -0.05) is 89.9 Å². The van der Waals surface area contributed by atoms with Crippen LogP contribution in [0.2, 0.25) is 0 Å². The fourth-order valence-electron chi connectivity index (χ4n) is 3.79. The normalized spacial score (nSPS) is 22.2. The smallest absolute Gasteiger partial charge is 0.276 e. The number of carbonyl (C=O) groups is 1. The van der Waals surface area contributed by atoms with Crippen LogP contribution in [-0.2, 0) is 20.9 Å². The Morgan fingerprint density at radius 2 is 1.78 bits per heavy atom. The van der Waals surface area contributed by atoms with Crippen LogP contribution in [0.1, 0.15) is 36.0 Å². The van der Waals surface area contributed by atoms with Crippen molar-refractivity contribution in [2.75, 3.05) is 11.1 Å². The van der Waals surface area contributed by atoms with Crippen molar-refractivity contribution in [2.45, 2.75) is 41.0 Å². The van der Waals surface area contributed by atoms with E-state index in [0.717, 1.165) is 11.1 Å². The van der Waals surface area contributed by atoms with E-state index in [4.69, 9.17) is 44.3 Å². The minimum absolute atomic E-state index is 0.00434. The van der Waals surface area contributed by atoms with Crippen molar-refractivity contribution >= 4 is 58.2 Å². The maximum absolute atomic E-state index is 12.1. The van der Waals surface area contributed by atoms with Crippen LogP contribution in [0.3, 0.4) is 0 Å². The van der Waals surface area contributed by atoms with E-state index in [1.54, 1.807) is 36.7 Å². The number of aliphatic hydroxyl groups is 1. The van der Waals surface area contributed by atoms with Crippen LogP contribution in [0.5, 0.6) is 0 Å². The molecule has 1 fully saturated rings. The number of rotatable bonds is 7. The SMILES string of the molecule is C[C@H]1[C@@H](CSc2ncccn2)O[C@@H](c2cccc(NC(=O)C(Cl)(Cl)Cl)c2)O[C@H]1c1ccc(CO)cc1. The third-order valence-corrected chi connectivity index (χ3v) is 7.20. The first kappa shape index (κ1) is 27.1. The molecule has 0 saturated carbocycles. The Hall–Kier alpha value is -1.91. The quantitative estimate of drug-likeness (QED) is 0.209. The molecule has 0 radical (unpaired) electrons. The van der Waals surface area contributed by atoms with E-state index in [2.05, 4.69) is 22.2 Å². The zero-order valence-corrected chi connectivity index (χ0v) is 22.3. The van der Waals surface area contributed by atoms with Crippen LogP contribution in [-0.4, -0.2) is 36.6 Å². The van der Waals surface area contributed by atoms with Crippen molar-refractivity contribution in [1.82, 2.24) is 9.97 Å². The molecule has 36 heavy (non-hydrogen) atoms. The standard InChI is InChI=1S/C25H24Cl3N3O4S/c1-15-20(14-36-24-29-10-3-11-30-24)34-22(35-21(15)17-8-6-16(13-32)7-9-17)18-4-2-5-19(12-18)31-23(33)25(26,27)28/h2-12,15,20-22,32H,13-14H2,1H3,(H,31,33)/t15-,20+,21+,22+/m0/s1. The van der Waals surface area contributed by atoms with Gasteiger partial charge in [0.25, 0.3) is 9.70 Å². The number of amides is 1. The van der Waals surface area contributed by atoms with Crippen LogP contribution in [0.15, 0.2) is 72.1 Å². The molecule has 4 rings (SSSR count). The topological polar surface area (TPSA) is 93.6 Å². The summed E-state index contributed by atoms with van der Waals surface area (Å²) in [7, 11) is 0. The summed E-state index contributed by atoms with van der Waals surface area (Å²) < 4.78 is 10.8. The molecule has 1 aromatic heterocycles. The molecule has 1 saturated heterocycles. The Morgan fingerprint density at radius 1 is 1.06 bits per heavy atom. The highest BCUT2D eigenvalue weighted by molar-refractivity contribution is 7.99. The second kappa shape index (κ2) is 12.1. The average molecular weight is 569 g/mol. The third-order valence-electron chi connectivity index (χ3n) is 5.72. The monoisotopic (exact) mass is 567 g/mol. The molecule has 0 bridgehead atoms. The first-order valence-electron chi connectivity index (χ1n) is 11.1. The van der Waals surface area contributed by atoms with E-state index in [9.17, 15) is 9.90 Å². The molecule has 4 atom stereocenters. The predicted molar refractivity (Wildman–Crippen MR) is 141 cm³/mol. The second-order valence-electron chi connectivity index (χ2n) is 8.24. The number of nitrogens with one attached hydrogen (secondary N) is 1. The largest absolute Gasteiger partial charge is 0.392 e. The highest BCUT2D eigenvalue weighted by Gasteiger charge is 2.38. The minimum atomic E-state index is -2.09. The summed E-state index contributed by atoms with van der Waals surface area (Å²) in [4.78, 5) is 20.7. The Balaban J connectivity index is 1.59. The van der Waals surface area contributed by atoms with Crippen LogP contribution in [0.25, 0.3) is 0 Å². The van der Waals surface area contributed by atoms with E-state index in [-0.39, 0.29) is 24.7 Å². The fourth-order valence-corrected chi connectivity index (χ4v) is 4.90. The lowest BCUT2D eigenvalue weighted by atomic mass is 9.91. The average Bonchev–Trinajstić information content (AvgIpc) is 2.88. The molecule has 2 heterocycles.